The van der Waals surface area contributed by atoms with Gasteiger partial charge in [0.1, 0.15) is 23.0 Å². The quantitative estimate of drug-likeness (QED) is 0.0229. The average Bonchev–Trinajstić information content (AvgIpc) is 1.39. The van der Waals surface area contributed by atoms with Crippen molar-refractivity contribution < 1.29 is 45.6 Å². The van der Waals surface area contributed by atoms with Gasteiger partial charge in [-0.15, -0.1) is 5.10 Å². The topological polar surface area (TPSA) is 327 Å². The fourth-order valence-electron chi connectivity index (χ4n) is 12.7. The third-order valence-electron chi connectivity index (χ3n) is 19.3. The largest absolute Gasteiger partial charge is 0.433 e. The summed E-state index contributed by atoms with van der Waals surface area (Å²) in [4.78, 5) is 102. The maximum atomic E-state index is 12.9. The lowest BCUT2D eigenvalue weighted by atomic mass is 10.1. The number of aromatic nitrogens is 11. The summed E-state index contributed by atoms with van der Waals surface area (Å²) in [5, 5.41) is 19.7. The second-order valence-corrected chi connectivity index (χ2v) is 32.1. The molecule has 10 heterocycles. The number of aryl methyl sites for hydroxylation is 3. The van der Waals surface area contributed by atoms with E-state index in [-0.39, 0.29) is 46.6 Å². The van der Waals surface area contributed by atoms with E-state index in [1.807, 2.05) is 121 Å². The predicted octanol–water partition coefficient (Wildman–Crippen LogP) is 17.3. The fraction of sp³-hybridized carbons (Fsp3) is 0.205. The van der Waals surface area contributed by atoms with Gasteiger partial charge >= 0.3 is 6.18 Å². The number of halogens is 8. The van der Waals surface area contributed by atoms with Crippen molar-refractivity contribution in [1.29, 1.82) is 0 Å². The number of hydrogen-bond donors (Lipinski definition) is 6. The van der Waals surface area contributed by atoms with Gasteiger partial charge in [0.25, 0.3) is 23.6 Å². The molecule has 5 amide bonds. The number of pyridine rings is 6. The average molecular weight is 1800 g/mol. The molecule has 0 unspecified atom stereocenters. The predicted molar refractivity (Wildman–Crippen MR) is 475 cm³/mol. The number of likely N-dealkylation sites (tertiary alicyclic amines) is 1. The minimum absolute atomic E-state index is 0.0932. The number of rotatable bonds is 25. The molecule has 0 saturated carbocycles. The van der Waals surface area contributed by atoms with Crippen LogP contribution in [-0.2, 0) is 34.1 Å². The second kappa shape index (κ2) is 43.1. The monoisotopic (exact) mass is 1790 g/mol. The first kappa shape index (κ1) is 90.8. The number of alkyl halides is 3. The molecular formula is C88H82Cl5F3N20O7S. The van der Waals surface area contributed by atoms with Crippen LogP contribution in [0.5, 0.6) is 0 Å². The molecule has 2 saturated heterocycles. The third kappa shape index (κ3) is 25.6. The molecular weight excluding hydrogens is 1720 g/mol. The highest BCUT2D eigenvalue weighted by atomic mass is 35.5. The number of likely N-dealkylation sites (N-methyl/N-ethyl adjacent to an activating group) is 1. The first-order chi connectivity index (χ1) is 59.7. The molecule has 2 aliphatic rings. The van der Waals surface area contributed by atoms with E-state index in [0.29, 0.717) is 114 Å². The van der Waals surface area contributed by atoms with Crippen molar-refractivity contribution in [2.75, 3.05) is 86.0 Å². The highest BCUT2D eigenvalue weighted by Gasteiger charge is 2.34. The Morgan fingerprint density at radius 3 is 1.59 bits per heavy atom. The molecule has 124 heavy (non-hydrogen) atoms. The summed E-state index contributed by atoms with van der Waals surface area (Å²) in [5.74, 6) is -0.441. The van der Waals surface area contributed by atoms with Crippen molar-refractivity contribution in [2.24, 2.45) is 0 Å². The third-order valence-corrected chi connectivity index (χ3v) is 22.3. The number of sulfonamides is 1. The first-order valence-corrected chi connectivity index (χ1v) is 42.2. The molecule has 5 aromatic carbocycles. The maximum Gasteiger partial charge on any atom is 0.433 e. The lowest BCUT2D eigenvalue weighted by Gasteiger charge is -2.32. The van der Waals surface area contributed by atoms with Gasteiger partial charge in [-0.2, -0.15) is 22.8 Å². The fourth-order valence-corrected chi connectivity index (χ4v) is 15.0. The van der Waals surface area contributed by atoms with Crippen LogP contribution in [0.4, 0.5) is 42.0 Å². The molecule has 0 bridgehead atoms. The van der Waals surface area contributed by atoms with E-state index in [2.05, 4.69) is 93.1 Å². The molecule has 13 aromatic rings. The zero-order chi connectivity index (χ0) is 87.9. The highest BCUT2D eigenvalue weighted by molar-refractivity contribution is 7.89. The van der Waals surface area contributed by atoms with E-state index in [1.54, 1.807) is 98.0 Å². The van der Waals surface area contributed by atoms with Gasteiger partial charge in [-0.3, -0.25) is 49.1 Å². The summed E-state index contributed by atoms with van der Waals surface area (Å²) >= 11 is 30.7. The molecule has 2 fully saturated rings. The summed E-state index contributed by atoms with van der Waals surface area (Å²) in [7, 11) is -1.51. The van der Waals surface area contributed by atoms with Gasteiger partial charge in [-0.1, -0.05) is 88.3 Å². The van der Waals surface area contributed by atoms with Gasteiger partial charge < -0.3 is 35.6 Å². The van der Waals surface area contributed by atoms with Crippen LogP contribution in [0.1, 0.15) is 89.6 Å². The van der Waals surface area contributed by atoms with Gasteiger partial charge in [0, 0.05) is 154 Å². The van der Waals surface area contributed by atoms with Crippen LogP contribution in [-0.4, -0.2) is 166 Å². The molecule has 36 heteroatoms. The second-order valence-electron chi connectivity index (χ2n) is 28.4. The molecule has 2 aliphatic heterocycles. The van der Waals surface area contributed by atoms with Gasteiger partial charge in [0.05, 0.1) is 65.2 Å². The number of benzene rings is 5. The van der Waals surface area contributed by atoms with Gasteiger partial charge in [-0.05, 0) is 209 Å². The number of carbonyl (C=O) groups excluding carboxylic acids is 5. The summed E-state index contributed by atoms with van der Waals surface area (Å²) in [6, 6.07) is 53.1. The Morgan fingerprint density at radius 1 is 0.532 bits per heavy atom. The number of piperazine rings is 1. The van der Waals surface area contributed by atoms with Crippen molar-refractivity contribution >= 4 is 126 Å². The summed E-state index contributed by atoms with van der Waals surface area (Å²) in [6.45, 7) is 12.2. The van der Waals surface area contributed by atoms with Crippen LogP contribution >= 0.6 is 58.0 Å². The number of imidazole rings is 1. The SMILES string of the molecule is CN1CCN(Cc2ccc(C(=O)Nc3ccc(Cl)c(-c4ccccn4)c3)cc2)CC1.Cc1cnc(-n2cnc(NC(=O)c3ccc(C(F)(F)F)nc3Cl)n2)c(Cl)c1.Cc1nc(NCCCN2CCCC2=O)ccc1C(=O)Nc1ccc(Cl)c(-c2ccccn2)c1.O=C(Nc1ccc(Cl)c(-c2ccccn2)c1)c1ccc(S(=O)(=O)NCCCn2ccnc2)cc1. The Bertz CT molecular complexity index is 5990. The van der Waals surface area contributed by atoms with E-state index in [9.17, 15) is 45.6 Å². The minimum Gasteiger partial charge on any atom is -0.370 e. The van der Waals surface area contributed by atoms with Crippen LogP contribution in [0.3, 0.4) is 0 Å². The van der Waals surface area contributed by atoms with Gasteiger partial charge in [0.15, 0.2) is 5.82 Å². The van der Waals surface area contributed by atoms with E-state index >= 15 is 0 Å². The number of hydrogen-bond acceptors (Lipinski definition) is 19. The molecule has 8 aromatic heterocycles. The van der Waals surface area contributed by atoms with Crippen molar-refractivity contribution in [1.82, 2.24) is 73.6 Å². The number of carbonyl (C=O) groups is 5. The van der Waals surface area contributed by atoms with E-state index in [1.165, 1.54) is 40.8 Å². The Hall–Kier alpha value is -12.4. The zero-order valence-corrected chi connectivity index (χ0v) is 71.6. The molecule has 27 nitrogen and oxygen atoms in total. The molecule has 15 rings (SSSR count). The van der Waals surface area contributed by atoms with Crippen molar-refractivity contribution in [3.8, 4) is 39.6 Å². The lowest BCUT2D eigenvalue weighted by Crippen LogP contribution is -2.43. The van der Waals surface area contributed by atoms with E-state index in [0.717, 1.165) is 92.8 Å². The molecule has 0 spiro atoms. The van der Waals surface area contributed by atoms with Crippen LogP contribution in [0, 0.1) is 13.8 Å². The summed E-state index contributed by atoms with van der Waals surface area (Å²) < 4.78 is 68.6. The van der Waals surface area contributed by atoms with Crippen molar-refractivity contribution in [3.63, 3.8) is 0 Å². The van der Waals surface area contributed by atoms with Gasteiger partial charge in [0.2, 0.25) is 21.9 Å². The van der Waals surface area contributed by atoms with Crippen LogP contribution in [0.15, 0.2) is 243 Å². The number of nitrogens with zero attached hydrogens (tertiary/aromatic N) is 14. The van der Waals surface area contributed by atoms with E-state index < -0.39 is 33.0 Å². The first-order valence-electron chi connectivity index (χ1n) is 38.9. The Balaban J connectivity index is 0.000000151. The molecule has 0 radical (unpaired) electrons. The zero-order valence-electron chi connectivity index (χ0n) is 67.0. The van der Waals surface area contributed by atoms with E-state index in [4.69, 9.17) is 58.0 Å². The number of anilines is 5. The van der Waals surface area contributed by atoms with Crippen molar-refractivity contribution in [3.05, 3.63) is 308 Å². The van der Waals surface area contributed by atoms with Crippen LogP contribution in [0.2, 0.25) is 25.2 Å². The molecule has 0 atom stereocenters. The smallest absolute Gasteiger partial charge is 0.370 e. The minimum atomic E-state index is -4.67. The van der Waals surface area contributed by atoms with Crippen LogP contribution in [0.25, 0.3) is 39.6 Å². The summed E-state index contributed by atoms with van der Waals surface area (Å²) in [5.41, 5.74) is 8.99. The Labute approximate surface area is 737 Å². The summed E-state index contributed by atoms with van der Waals surface area (Å²) in [6.07, 6.45) is 11.5. The Kier molecular flexibility index (Phi) is 31.5. The molecule has 638 valence electrons. The van der Waals surface area contributed by atoms with Crippen LogP contribution < -0.4 is 31.3 Å². The lowest BCUT2D eigenvalue weighted by molar-refractivity contribution is -0.141. The van der Waals surface area contributed by atoms with Gasteiger partial charge in [-0.25, -0.2) is 33.1 Å². The van der Waals surface area contributed by atoms with Crippen molar-refractivity contribution in [2.45, 2.75) is 63.7 Å². The molecule has 0 aliphatic carbocycles. The highest BCUT2D eigenvalue weighted by Crippen LogP contribution is 2.35. The number of nitrogens with one attached hydrogen (secondary N) is 6. The maximum absolute atomic E-state index is 12.9. The Morgan fingerprint density at radius 2 is 1.08 bits per heavy atom. The number of amides is 5. The standard InChI is InChI=1S/C25H26ClN5O2.C24H22ClN5O3S.C24H25ClN4O.C15H9Cl2F3N6O/c1-17-19(9-11-23(29-17)28-13-5-15-31-14-4-7-24(31)32)25(33)30-18-8-10-21(26)20(16-18)22-6-2-3-12-27-22;25-22-10-7-19(16-21(22)23-4-1-2-11-27-23)29-24(31)18-5-8-20(9-6-18)34(32,33)28-12-3-14-30-15-13-26-17-30;1-28-12-14-29(15-13-28)17-18-5-7-19(8-6-18)24(30)27-20-9-10-22(25)21(16-20)23-4-2-3-11-26-23;1-7-4-9(16)12(21-5-7)26-6-22-14(25-26)24-13(27)8-2-3-10(15(18,19)20)23-11(8)17/h2-3,6,8-12,16H,4-5,7,13-15H2,1H3,(H,28,29)(H,30,33);1-2,4-11,13,15-17,28H,3,12,14H2,(H,29,31);2-11,16H,12-15,17H2,1H3,(H,27,30);2-6H,1H3,(H,24,25,27). The normalized spacial score (nSPS) is 12.8. The molecule has 6 N–H and O–H groups in total.